The summed E-state index contributed by atoms with van der Waals surface area (Å²) in [5, 5.41) is 0. The van der Waals surface area contributed by atoms with Crippen molar-refractivity contribution < 1.29 is 13.6 Å². The third-order valence-corrected chi connectivity index (χ3v) is 3.35. The smallest absolute Gasteiger partial charge is 0.319 e. The van der Waals surface area contributed by atoms with Crippen molar-refractivity contribution in [2.24, 2.45) is 0 Å². The summed E-state index contributed by atoms with van der Waals surface area (Å²) in [5.41, 5.74) is 1.95. The van der Waals surface area contributed by atoms with E-state index in [1.54, 1.807) is 31.6 Å². The lowest BCUT2D eigenvalue weighted by atomic mass is 10.2. The van der Waals surface area contributed by atoms with Crippen molar-refractivity contribution in [1.29, 1.82) is 0 Å². The molecule has 3 aromatic rings. The highest BCUT2D eigenvalue weighted by Crippen LogP contribution is 2.16. The van der Waals surface area contributed by atoms with Crippen LogP contribution in [-0.2, 0) is 6.54 Å². The summed E-state index contributed by atoms with van der Waals surface area (Å²) < 4.78 is 26.3. The van der Waals surface area contributed by atoms with Crippen LogP contribution in [0.4, 0.5) is 8.78 Å². The molecule has 0 aliphatic carbocycles. The minimum Gasteiger partial charge on any atom is -0.345 e. The Labute approximate surface area is 124 Å². The molecule has 2 aromatic heterocycles. The van der Waals surface area contributed by atoms with E-state index in [1.807, 2.05) is 0 Å². The van der Waals surface area contributed by atoms with Crippen molar-refractivity contribution >= 4 is 16.9 Å². The summed E-state index contributed by atoms with van der Waals surface area (Å²) in [4.78, 5) is 24.6. The number of alkyl halides is 2. The van der Waals surface area contributed by atoms with Gasteiger partial charge >= 0.3 is 6.55 Å². The summed E-state index contributed by atoms with van der Waals surface area (Å²) in [5.74, 6) is -0.145. The van der Waals surface area contributed by atoms with Crippen molar-refractivity contribution in [1.82, 2.24) is 24.4 Å². The molecule has 0 spiro atoms. The Hall–Kier alpha value is -2.77. The van der Waals surface area contributed by atoms with E-state index in [4.69, 9.17) is 0 Å². The molecule has 3 rings (SSSR count). The second-order valence-corrected chi connectivity index (χ2v) is 4.82. The minimum absolute atomic E-state index is 0.00279. The number of H-pyrrole nitrogens is 1. The number of carbonyl (C=O) groups is 1. The van der Waals surface area contributed by atoms with E-state index in [0.717, 1.165) is 15.6 Å². The Kier molecular flexibility index (Phi) is 3.58. The van der Waals surface area contributed by atoms with Gasteiger partial charge in [0.25, 0.3) is 5.91 Å². The molecular weight excluding hydrogens is 292 g/mol. The number of nitrogens with zero attached hydrogens (tertiary/aromatic N) is 4. The Morgan fingerprint density at radius 3 is 3.00 bits per heavy atom. The molecule has 114 valence electrons. The van der Waals surface area contributed by atoms with Gasteiger partial charge in [0, 0.05) is 25.0 Å². The van der Waals surface area contributed by atoms with Crippen LogP contribution in [0.2, 0.25) is 0 Å². The zero-order valence-corrected chi connectivity index (χ0v) is 11.7. The Morgan fingerprint density at radius 2 is 2.23 bits per heavy atom. The highest BCUT2D eigenvalue weighted by molar-refractivity contribution is 5.97. The number of aromatic amines is 1. The lowest BCUT2D eigenvalue weighted by Gasteiger charge is -2.17. The first kappa shape index (κ1) is 14.2. The molecule has 6 nitrogen and oxygen atoms in total. The summed E-state index contributed by atoms with van der Waals surface area (Å²) in [7, 11) is 1.55. The fourth-order valence-corrected chi connectivity index (χ4v) is 2.22. The maximum atomic E-state index is 12.8. The maximum absolute atomic E-state index is 12.8. The van der Waals surface area contributed by atoms with Gasteiger partial charge in [0.1, 0.15) is 5.82 Å². The Balaban J connectivity index is 1.80. The van der Waals surface area contributed by atoms with Gasteiger partial charge in [-0.25, -0.2) is 9.97 Å². The second kappa shape index (κ2) is 5.55. The van der Waals surface area contributed by atoms with Crippen LogP contribution in [-0.4, -0.2) is 37.4 Å². The van der Waals surface area contributed by atoms with Gasteiger partial charge < -0.3 is 9.88 Å². The average Bonchev–Trinajstić information content (AvgIpc) is 3.13. The number of halogens is 2. The number of benzene rings is 1. The normalized spacial score (nSPS) is 11.3. The fourth-order valence-electron chi connectivity index (χ4n) is 2.22. The molecule has 0 aliphatic rings. The third kappa shape index (κ3) is 2.54. The first-order valence-electron chi connectivity index (χ1n) is 6.54. The largest absolute Gasteiger partial charge is 0.345 e. The first-order valence-corrected chi connectivity index (χ1v) is 6.54. The molecule has 22 heavy (non-hydrogen) atoms. The predicted molar refractivity (Wildman–Crippen MR) is 75.4 cm³/mol. The molecule has 0 atom stereocenters. The van der Waals surface area contributed by atoms with Gasteiger partial charge in [-0.2, -0.15) is 8.78 Å². The maximum Gasteiger partial charge on any atom is 0.319 e. The molecule has 0 saturated heterocycles. The highest BCUT2D eigenvalue weighted by Gasteiger charge is 2.17. The van der Waals surface area contributed by atoms with Crippen LogP contribution < -0.4 is 0 Å². The molecule has 0 unspecified atom stereocenters. The second-order valence-electron chi connectivity index (χ2n) is 4.82. The van der Waals surface area contributed by atoms with Gasteiger partial charge in [-0.1, -0.05) is 0 Å². The number of imidazole rings is 2. The average molecular weight is 305 g/mol. The monoisotopic (exact) mass is 305 g/mol. The van der Waals surface area contributed by atoms with Crippen LogP contribution in [0.5, 0.6) is 0 Å². The van der Waals surface area contributed by atoms with Crippen LogP contribution in [0.25, 0.3) is 11.0 Å². The van der Waals surface area contributed by atoms with Crippen LogP contribution in [0.3, 0.4) is 0 Å². The van der Waals surface area contributed by atoms with Gasteiger partial charge in [-0.3, -0.25) is 9.36 Å². The Morgan fingerprint density at radius 1 is 1.41 bits per heavy atom. The number of hydrogen-bond donors (Lipinski definition) is 1. The van der Waals surface area contributed by atoms with Crippen LogP contribution in [0.15, 0.2) is 36.9 Å². The quantitative estimate of drug-likeness (QED) is 0.805. The number of fused-ring (bicyclic) bond motifs is 1. The van der Waals surface area contributed by atoms with E-state index < -0.39 is 6.55 Å². The summed E-state index contributed by atoms with van der Waals surface area (Å²) in [6, 6.07) is 5.06. The van der Waals surface area contributed by atoms with E-state index in [-0.39, 0.29) is 18.3 Å². The molecular formula is C14H13F2N5O. The standard InChI is InChI=1S/C14H13F2N5O/c1-20(7-12-17-4-5-21(12)14(15)16)13(22)9-2-3-10-11(6-9)19-8-18-10/h2-6,8,14H,7H2,1H3,(H,18,19). The van der Waals surface area contributed by atoms with Gasteiger partial charge in [0.2, 0.25) is 0 Å². The molecule has 1 aromatic carbocycles. The van der Waals surface area contributed by atoms with Crippen LogP contribution >= 0.6 is 0 Å². The van der Waals surface area contributed by atoms with Gasteiger partial charge in [-0.05, 0) is 18.2 Å². The first-order chi connectivity index (χ1) is 10.6. The molecule has 0 radical (unpaired) electrons. The van der Waals surface area contributed by atoms with Crippen molar-refractivity contribution in [2.45, 2.75) is 13.1 Å². The van der Waals surface area contributed by atoms with Gasteiger partial charge in [0.15, 0.2) is 0 Å². The number of amides is 1. The molecule has 1 N–H and O–H groups in total. The summed E-state index contributed by atoms with van der Waals surface area (Å²) in [6.45, 7) is -2.68. The van der Waals surface area contributed by atoms with E-state index in [0.29, 0.717) is 5.56 Å². The third-order valence-electron chi connectivity index (χ3n) is 3.35. The van der Waals surface area contributed by atoms with E-state index in [1.165, 1.54) is 17.3 Å². The van der Waals surface area contributed by atoms with E-state index >= 15 is 0 Å². The van der Waals surface area contributed by atoms with Gasteiger partial charge in [-0.15, -0.1) is 0 Å². The minimum atomic E-state index is -2.68. The summed E-state index contributed by atoms with van der Waals surface area (Å²) in [6.07, 6.45) is 4.02. The molecule has 8 heteroatoms. The number of aromatic nitrogens is 4. The number of carbonyl (C=O) groups excluding carboxylic acids is 1. The number of rotatable bonds is 4. The van der Waals surface area contributed by atoms with Crippen molar-refractivity contribution in [3.63, 3.8) is 0 Å². The molecule has 0 bridgehead atoms. The fraction of sp³-hybridized carbons (Fsp3) is 0.214. The lowest BCUT2D eigenvalue weighted by molar-refractivity contribution is 0.0612. The van der Waals surface area contributed by atoms with Crippen LogP contribution in [0.1, 0.15) is 22.7 Å². The van der Waals surface area contributed by atoms with E-state index in [9.17, 15) is 13.6 Å². The number of nitrogens with one attached hydrogen (secondary N) is 1. The Bertz CT molecular complexity index is 810. The zero-order valence-electron chi connectivity index (χ0n) is 11.7. The summed E-state index contributed by atoms with van der Waals surface area (Å²) >= 11 is 0. The van der Waals surface area contributed by atoms with E-state index in [2.05, 4.69) is 15.0 Å². The number of hydrogen-bond acceptors (Lipinski definition) is 3. The molecule has 2 heterocycles. The van der Waals surface area contributed by atoms with Crippen molar-refractivity contribution in [3.05, 3.63) is 48.3 Å². The highest BCUT2D eigenvalue weighted by atomic mass is 19.3. The van der Waals surface area contributed by atoms with Gasteiger partial charge in [0.05, 0.1) is 23.9 Å². The van der Waals surface area contributed by atoms with Crippen molar-refractivity contribution in [3.8, 4) is 0 Å². The molecule has 0 fully saturated rings. The lowest BCUT2D eigenvalue weighted by Crippen LogP contribution is -2.27. The molecule has 0 saturated carbocycles. The van der Waals surface area contributed by atoms with Crippen LogP contribution in [0, 0.1) is 0 Å². The van der Waals surface area contributed by atoms with Crippen molar-refractivity contribution in [2.75, 3.05) is 7.05 Å². The predicted octanol–water partition coefficient (Wildman–Crippen LogP) is 2.43. The zero-order chi connectivity index (χ0) is 15.7. The SMILES string of the molecule is CN(Cc1nccn1C(F)F)C(=O)c1ccc2nc[nH]c2c1. The molecule has 1 amide bonds. The molecule has 0 aliphatic heterocycles. The topological polar surface area (TPSA) is 66.8 Å².